The van der Waals surface area contributed by atoms with Gasteiger partial charge >= 0.3 is 0 Å². The Hall–Kier alpha value is -1.03. The molecule has 3 nitrogen and oxygen atoms in total. The molecule has 0 saturated carbocycles. The van der Waals surface area contributed by atoms with Crippen LogP contribution < -0.4 is 10.5 Å². The first kappa shape index (κ1) is 8.07. The summed E-state index contributed by atoms with van der Waals surface area (Å²) in [5.74, 6) is 0.559. The van der Waals surface area contributed by atoms with Crippen LogP contribution in [-0.2, 0) is 0 Å². The van der Waals surface area contributed by atoms with Crippen LogP contribution in [0.5, 0.6) is 5.75 Å². The molecule has 0 aliphatic carbocycles. The zero-order chi connectivity index (χ0) is 8.43. The molecule has 1 aromatic heterocycles. The molecule has 2 N–H and O–H groups in total. The smallest absolute Gasteiger partial charge is 0.173 e. The average molecular weight is 171 g/mol. The molecule has 0 fully saturated rings. The number of nitrogen functional groups attached to an aromatic ring is 1. The van der Waals surface area contributed by atoms with Gasteiger partial charge in [0.05, 0.1) is 12.1 Å². The molecule has 1 heterocycles. The fraction of sp³-hybridized carbons (Fsp3) is 0.286. The number of nitrogens with two attached hydrogens (primary N) is 1. The molecule has 11 heavy (non-hydrogen) atoms. The Morgan fingerprint density at radius 1 is 1.73 bits per heavy atom. The molecule has 0 atom stereocenters. The van der Waals surface area contributed by atoms with Crippen molar-refractivity contribution >= 4 is 22.1 Å². The second-order valence-corrected chi connectivity index (χ2v) is 3.19. The Morgan fingerprint density at radius 3 is 2.73 bits per heavy atom. The molecule has 0 spiro atoms. The molecule has 0 saturated heterocycles. The predicted octanol–water partition coefficient (Wildman–Crippen LogP) is 1.54. The van der Waals surface area contributed by atoms with Gasteiger partial charge in [0.15, 0.2) is 5.78 Å². The quantitative estimate of drug-likeness (QED) is 0.687. The van der Waals surface area contributed by atoms with E-state index >= 15 is 0 Å². The van der Waals surface area contributed by atoms with E-state index in [0.717, 1.165) is 0 Å². The number of hydrogen-bond acceptors (Lipinski definition) is 4. The number of methoxy groups -OCH3 is 1. The highest BCUT2D eigenvalue weighted by atomic mass is 32.1. The molecule has 0 radical (unpaired) electrons. The largest absolute Gasteiger partial charge is 0.495 e. The molecule has 60 valence electrons. The van der Waals surface area contributed by atoms with Crippen LogP contribution in [0.1, 0.15) is 16.6 Å². The van der Waals surface area contributed by atoms with E-state index in [-0.39, 0.29) is 5.78 Å². The van der Waals surface area contributed by atoms with Gasteiger partial charge in [-0.25, -0.2) is 0 Å². The predicted molar refractivity (Wildman–Crippen MR) is 45.3 cm³/mol. The number of ketones is 1. The fourth-order valence-electron chi connectivity index (χ4n) is 0.789. The van der Waals surface area contributed by atoms with E-state index in [1.165, 1.54) is 25.4 Å². The SMILES string of the molecule is COc1cc(N)sc1C(C)=O. The monoisotopic (exact) mass is 171 g/mol. The molecule has 0 aromatic carbocycles. The van der Waals surface area contributed by atoms with Crippen molar-refractivity contribution in [3.05, 3.63) is 10.9 Å². The maximum absolute atomic E-state index is 10.9. The van der Waals surface area contributed by atoms with Crippen molar-refractivity contribution in [1.29, 1.82) is 0 Å². The third-order valence-corrected chi connectivity index (χ3v) is 2.30. The molecule has 0 amide bonds. The Labute approximate surface area is 68.8 Å². The first-order valence-corrected chi connectivity index (χ1v) is 3.91. The van der Waals surface area contributed by atoms with Crippen LogP contribution in [0.15, 0.2) is 6.07 Å². The van der Waals surface area contributed by atoms with Crippen molar-refractivity contribution in [3.8, 4) is 5.75 Å². The van der Waals surface area contributed by atoms with E-state index in [1.807, 2.05) is 0 Å². The number of anilines is 1. The minimum absolute atomic E-state index is 0.0106. The maximum Gasteiger partial charge on any atom is 0.173 e. The summed E-state index contributed by atoms with van der Waals surface area (Å²) in [5, 5.41) is 0.604. The fourth-order valence-corrected chi connectivity index (χ4v) is 1.58. The zero-order valence-electron chi connectivity index (χ0n) is 6.38. The van der Waals surface area contributed by atoms with Gasteiger partial charge in [-0.1, -0.05) is 0 Å². The maximum atomic E-state index is 10.9. The van der Waals surface area contributed by atoms with E-state index in [0.29, 0.717) is 15.6 Å². The van der Waals surface area contributed by atoms with Crippen molar-refractivity contribution < 1.29 is 9.53 Å². The lowest BCUT2D eigenvalue weighted by Crippen LogP contribution is -1.90. The van der Waals surface area contributed by atoms with Gasteiger partial charge in [0, 0.05) is 13.0 Å². The van der Waals surface area contributed by atoms with Crippen molar-refractivity contribution in [3.63, 3.8) is 0 Å². The summed E-state index contributed by atoms with van der Waals surface area (Å²) < 4.78 is 4.94. The number of carbonyl (C=O) groups excluding carboxylic acids is 1. The summed E-state index contributed by atoms with van der Waals surface area (Å²) in [7, 11) is 1.52. The molecule has 0 aliphatic heterocycles. The third kappa shape index (κ3) is 1.51. The summed E-state index contributed by atoms with van der Waals surface area (Å²) in [4.78, 5) is 11.5. The Balaban J connectivity index is 3.12. The highest BCUT2D eigenvalue weighted by molar-refractivity contribution is 7.18. The van der Waals surface area contributed by atoms with E-state index in [2.05, 4.69) is 0 Å². The summed E-state index contributed by atoms with van der Waals surface area (Å²) in [6.07, 6.45) is 0. The van der Waals surface area contributed by atoms with Crippen LogP contribution in [-0.4, -0.2) is 12.9 Å². The van der Waals surface area contributed by atoms with Gasteiger partial charge < -0.3 is 10.5 Å². The number of ether oxygens (including phenoxy) is 1. The van der Waals surface area contributed by atoms with Crippen LogP contribution in [0.3, 0.4) is 0 Å². The molecular formula is C7H9NO2S. The Kier molecular flexibility index (Phi) is 2.14. The van der Waals surface area contributed by atoms with Gasteiger partial charge in [0.2, 0.25) is 0 Å². The van der Waals surface area contributed by atoms with Crippen LogP contribution in [0.4, 0.5) is 5.00 Å². The average Bonchev–Trinajstić information content (AvgIpc) is 2.30. The standard InChI is InChI=1S/C7H9NO2S/c1-4(9)7-5(10-2)3-6(8)11-7/h3H,8H2,1-2H3. The van der Waals surface area contributed by atoms with Gasteiger partial charge in [0.25, 0.3) is 0 Å². The molecule has 0 aliphatic rings. The van der Waals surface area contributed by atoms with E-state index in [1.54, 1.807) is 6.07 Å². The number of carbonyl (C=O) groups is 1. The topological polar surface area (TPSA) is 52.3 Å². The summed E-state index contributed by atoms with van der Waals surface area (Å²) in [6, 6.07) is 1.65. The lowest BCUT2D eigenvalue weighted by atomic mass is 10.3. The molecule has 4 heteroatoms. The molecule has 1 rings (SSSR count). The van der Waals surface area contributed by atoms with Gasteiger partial charge in [-0.15, -0.1) is 11.3 Å². The summed E-state index contributed by atoms with van der Waals surface area (Å²) in [6.45, 7) is 1.49. The van der Waals surface area contributed by atoms with E-state index in [4.69, 9.17) is 10.5 Å². The van der Waals surface area contributed by atoms with Crippen molar-refractivity contribution in [1.82, 2.24) is 0 Å². The van der Waals surface area contributed by atoms with Gasteiger partial charge in [-0.3, -0.25) is 4.79 Å². The van der Waals surface area contributed by atoms with Gasteiger partial charge in [-0.05, 0) is 0 Å². The first-order valence-electron chi connectivity index (χ1n) is 3.09. The Bertz CT molecular complexity index is 280. The van der Waals surface area contributed by atoms with Crippen LogP contribution in [0.25, 0.3) is 0 Å². The number of rotatable bonds is 2. The molecular weight excluding hydrogens is 162 g/mol. The van der Waals surface area contributed by atoms with E-state index in [9.17, 15) is 4.79 Å². The van der Waals surface area contributed by atoms with E-state index < -0.39 is 0 Å². The Morgan fingerprint density at radius 2 is 2.36 bits per heavy atom. The minimum Gasteiger partial charge on any atom is -0.495 e. The van der Waals surface area contributed by atoms with Gasteiger partial charge in [-0.2, -0.15) is 0 Å². The first-order chi connectivity index (χ1) is 5.15. The van der Waals surface area contributed by atoms with Crippen LogP contribution in [0, 0.1) is 0 Å². The summed E-state index contributed by atoms with van der Waals surface area (Å²) >= 11 is 1.25. The number of Topliss-reactive ketones (excluding diaryl/α,β-unsaturated/α-hetero) is 1. The third-order valence-electron chi connectivity index (χ3n) is 1.26. The molecule has 1 aromatic rings. The molecule has 0 unspecified atom stereocenters. The van der Waals surface area contributed by atoms with Crippen molar-refractivity contribution in [2.24, 2.45) is 0 Å². The lowest BCUT2D eigenvalue weighted by molar-refractivity contribution is 0.101. The zero-order valence-corrected chi connectivity index (χ0v) is 7.20. The van der Waals surface area contributed by atoms with Crippen molar-refractivity contribution in [2.75, 3.05) is 12.8 Å². The molecule has 0 bridgehead atoms. The normalized spacial score (nSPS) is 9.64. The lowest BCUT2D eigenvalue weighted by Gasteiger charge is -1.95. The van der Waals surface area contributed by atoms with Crippen molar-refractivity contribution in [2.45, 2.75) is 6.92 Å². The number of thiophene rings is 1. The number of hydrogen-bond donors (Lipinski definition) is 1. The highest BCUT2D eigenvalue weighted by Gasteiger charge is 2.11. The highest BCUT2D eigenvalue weighted by Crippen LogP contribution is 2.30. The summed E-state index contributed by atoms with van der Waals surface area (Å²) in [5.41, 5.74) is 5.48. The second kappa shape index (κ2) is 2.92. The van der Waals surface area contributed by atoms with Crippen LogP contribution >= 0.6 is 11.3 Å². The second-order valence-electron chi connectivity index (χ2n) is 2.10. The van der Waals surface area contributed by atoms with Gasteiger partial charge in [0.1, 0.15) is 10.6 Å². The minimum atomic E-state index is -0.0106. The van der Waals surface area contributed by atoms with Crippen LogP contribution in [0.2, 0.25) is 0 Å².